The third-order valence-electron chi connectivity index (χ3n) is 3.33. The summed E-state index contributed by atoms with van der Waals surface area (Å²) < 4.78 is 13.9. The Bertz CT molecular complexity index is 949. The molecule has 1 aliphatic heterocycles. The number of thioether (sulfide) groups is 1. The van der Waals surface area contributed by atoms with Gasteiger partial charge in [-0.1, -0.05) is 36.1 Å². The molecule has 0 aliphatic carbocycles. The standard InChI is InChI=1S/C16H8BrFN2O3S2/c17-12-6-9(4-5-13(12)18)7-14-15(21)19(16(24)25-14)10-2-1-3-11(8-10)20(22)23/h1-8H/b14-7-. The van der Waals surface area contributed by atoms with Crippen molar-refractivity contribution in [2.75, 3.05) is 4.90 Å². The molecule has 1 amide bonds. The summed E-state index contributed by atoms with van der Waals surface area (Å²) in [4.78, 5) is 24.6. The smallest absolute Gasteiger partial charge is 0.268 e. The molecule has 0 bridgehead atoms. The van der Waals surface area contributed by atoms with E-state index in [0.29, 0.717) is 16.2 Å². The summed E-state index contributed by atoms with van der Waals surface area (Å²) in [7, 11) is 0. The number of hydrogen-bond donors (Lipinski definition) is 0. The number of amides is 1. The second-order valence-electron chi connectivity index (χ2n) is 4.97. The molecule has 1 saturated heterocycles. The van der Waals surface area contributed by atoms with E-state index < -0.39 is 10.7 Å². The number of anilines is 1. The third kappa shape index (κ3) is 3.63. The van der Waals surface area contributed by atoms with Gasteiger partial charge in [0.1, 0.15) is 5.82 Å². The Kier molecular flexibility index (Phi) is 4.98. The van der Waals surface area contributed by atoms with Crippen LogP contribution in [0.2, 0.25) is 0 Å². The largest absolute Gasteiger partial charge is 0.271 e. The van der Waals surface area contributed by atoms with E-state index in [2.05, 4.69) is 15.9 Å². The third-order valence-corrected chi connectivity index (χ3v) is 5.24. The molecule has 5 nitrogen and oxygen atoms in total. The molecule has 1 heterocycles. The summed E-state index contributed by atoms with van der Waals surface area (Å²) >= 11 is 9.42. The molecule has 0 atom stereocenters. The summed E-state index contributed by atoms with van der Waals surface area (Å²) in [6.07, 6.45) is 1.60. The van der Waals surface area contributed by atoms with Crippen LogP contribution in [0.1, 0.15) is 5.56 Å². The monoisotopic (exact) mass is 438 g/mol. The van der Waals surface area contributed by atoms with Gasteiger partial charge >= 0.3 is 0 Å². The first-order valence-corrected chi connectivity index (χ1v) is 8.86. The van der Waals surface area contributed by atoms with Crippen LogP contribution in [0.25, 0.3) is 6.08 Å². The van der Waals surface area contributed by atoms with Crippen molar-refractivity contribution < 1.29 is 14.1 Å². The maximum atomic E-state index is 13.3. The van der Waals surface area contributed by atoms with E-state index in [9.17, 15) is 19.3 Å². The second-order valence-corrected chi connectivity index (χ2v) is 7.50. The lowest BCUT2D eigenvalue weighted by molar-refractivity contribution is -0.384. The molecule has 0 aromatic heterocycles. The first-order chi connectivity index (χ1) is 11.9. The Hall–Kier alpha value is -2.10. The first-order valence-electron chi connectivity index (χ1n) is 6.84. The molecule has 1 fully saturated rings. The van der Waals surface area contributed by atoms with Crippen molar-refractivity contribution in [3.8, 4) is 0 Å². The summed E-state index contributed by atoms with van der Waals surface area (Å²) in [5.41, 5.74) is 0.839. The van der Waals surface area contributed by atoms with Gasteiger partial charge < -0.3 is 0 Å². The van der Waals surface area contributed by atoms with Crippen molar-refractivity contribution in [1.29, 1.82) is 0 Å². The molecule has 0 spiro atoms. The summed E-state index contributed by atoms with van der Waals surface area (Å²) in [5, 5.41) is 10.9. The average molecular weight is 439 g/mol. The first kappa shape index (κ1) is 17.7. The molecule has 0 saturated carbocycles. The highest BCUT2D eigenvalue weighted by molar-refractivity contribution is 9.10. The molecule has 25 heavy (non-hydrogen) atoms. The topological polar surface area (TPSA) is 63.5 Å². The lowest BCUT2D eigenvalue weighted by Gasteiger charge is -2.13. The van der Waals surface area contributed by atoms with Crippen LogP contribution in [0, 0.1) is 15.9 Å². The van der Waals surface area contributed by atoms with E-state index in [-0.39, 0.29) is 20.4 Å². The van der Waals surface area contributed by atoms with Gasteiger partial charge in [0.05, 0.1) is 20.0 Å². The van der Waals surface area contributed by atoms with Crippen LogP contribution in [0.15, 0.2) is 51.8 Å². The molecule has 9 heteroatoms. The molecule has 0 N–H and O–H groups in total. The van der Waals surface area contributed by atoms with Crippen LogP contribution >= 0.6 is 39.9 Å². The van der Waals surface area contributed by atoms with E-state index in [1.54, 1.807) is 24.3 Å². The Morgan fingerprint density at radius 2 is 2.04 bits per heavy atom. The molecular weight excluding hydrogens is 431 g/mol. The van der Waals surface area contributed by atoms with Crippen LogP contribution in [0.4, 0.5) is 15.8 Å². The van der Waals surface area contributed by atoms with Gasteiger partial charge in [-0.3, -0.25) is 19.8 Å². The van der Waals surface area contributed by atoms with Crippen LogP contribution in [-0.4, -0.2) is 15.2 Å². The molecule has 2 aromatic rings. The predicted molar refractivity (Wildman–Crippen MR) is 103 cm³/mol. The molecule has 0 unspecified atom stereocenters. The van der Waals surface area contributed by atoms with Crippen LogP contribution in [0.5, 0.6) is 0 Å². The Balaban J connectivity index is 1.94. The summed E-state index contributed by atoms with van der Waals surface area (Å²) in [6, 6.07) is 10.1. The number of carbonyl (C=O) groups is 1. The number of nitro groups is 1. The molecular formula is C16H8BrFN2O3S2. The zero-order chi connectivity index (χ0) is 18.1. The van der Waals surface area contributed by atoms with Crippen molar-refractivity contribution in [3.05, 3.63) is 73.3 Å². The molecule has 126 valence electrons. The minimum atomic E-state index is -0.535. The zero-order valence-electron chi connectivity index (χ0n) is 12.3. The van der Waals surface area contributed by atoms with E-state index in [1.165, 1.54) is 29.2 Å². The SMILES string of the molecule is O=C1/C(=C/c2ccc(F)c(Br)c2)SC(=S)N1c1cccc([N+](=O)[O-])c1. The minimum absolute atomic E-state index is 0.127. The van der Waals surface area contributed by atoms with E-state index in [1.807, 2.05) is 0 Å². The van der Waals surface area contributed by atoms with Crippen molar-refractivity contribution in [2.45, 2.75) is 0 Å². The average Bonchev–Trinajstić information content (AvgIpc) is 2.85. The molecule has 0 radical (unpaired) electrons. The Morgan fingerprint density at radius 1 is 1.28 bits per heavy atom. The van der Waals surface area contributed by atoms with Crippen molar-refractivity contribution in [3.63, 3.8) is 0 Å². The van der Waals surface area contributed by atoms with Gasteiger partial charge in [0.25, 0.3) is 11.6 Å². The normalized spacial score (nSPS) is 15.9. The minimum Gasteiger partial charge on any atom is -0.268 e. The number of benzene rings is 2. The van der Waals surface area contributed by atoms with Gasteiger partial charge in [-0.15, -0.1) is 0 Å². The Labute approximate surface area is 159 Å². The lowest BCUT2D eigenvalue weighted by Crippen LogP contribution is -2.27. The number of halogens is 2. The van der Waals surface area contributed by atoms with Gasteiger partial charge in [0.15, 0.2) is 4.32 Å². The number of carbonyl (C=O) groups excluding carboxylic acids is 1. The highest BCUT2D eigenvalue weighted by atomic mass is 79.9. The van der Waals surface area contributed by atoms with E-state index >= 15 is 0 Å². The quantitative estimate of drug-likeness (QED) is 0.295. The van der Waals surface area contributed by atoms with Crippen LogP contribution < -0.4 is 4.90 Å². The van der Waals surface area contributed by atoms with Crippen LogP contribution in [-0.2, 0) is 4.79 Å². The fourth-order valence-electron chi connectivity index (χ4n) is 2.19. The maximum absolute atomic E-state index is 13.3. The summed E-state index contributed by atoms with van der Waals surface area (Å²) in [5.74, 6) is -0.780. The van der Waals surface area contributed by atoms with E-state index in [4.69, 9.17) is 12.2 Å². The zero-order valence-corrected chi connectivity index (χ0v) is 15.5. The molecule has 1 aliphatic rings. The number of hydrogen-bond acceptors (Lipinski definition) is 5. The number of non-ortho nitro benzene ring substituents is 1. The highest BCUT2D eigenvalue weighted by Gasteiger charge is 2.33. The van der Waals surface area contributed by atoms with Crippen LogP contribution in [0.3, 0.4) is 0 Å². The van der Waals surface area contributed by atoms with Gasteiger partial charge in [-0.2, -0.15) is 0 Å². The predicted octanol–water partition coefficient (Wildman–Crippen LogP) is 4.90. The second kappa shape index (κ2) is 7.03. The van der Waals surface area contributed by atoms with Crippen molar-refractivity contribution in [1.82, 2.24) is 0 Å². The van der Waals surface area contributed by atoms with Crippen molar-refractivity contribution >= 4 is 67.6 Å². The fraction of sp³-hybridized carbons (Fsp3) is 0. The fourth-order valence-corrected chi connectivity index (χ4v) is 3.89. The number of rotatable bonds is 3. The van der Waals surface area contributed by atoms with Crippen molar-refractivity contribution in [2.24, 2.45) is 0 Å². The van der Waals surface area contributed by atoms with Gasteiger partial charge in [-0.25, -0.2) is 4.39 Å². The van der Waals surface area contributed by atoms with Gasteiger partial charge in [0, 0.05) is 12.1 Å². The van der Waals surface area contributed by atoms with Gasteiger partial charge in [-0.05, 0) is 45.8 Å². The molecule has 2 aromatic carbocycles. The highest BCUT2D eigenvalue weighted by Crippen LogP contribution is 2.37. The summed E-state index contributed by atoms with van der Waals surface area (Å²) in [6.45, 7) is 0. The molecule has 3 rings (SSSR count). The number of thiocarbonyl (C=S) groups is 1. The maximum Gasteiger partial charge on any atom is 0.271 e. The van der Waals surface area contributed by atoms with Gasteiger partial charge in [0.2, 0.25) is 0 Å². The lowest BCUT2D eigenvalue weighted by atomic mass is 10.2. The number of nitro benzene ring substituents is 1. The Morgan fingerprint density at radius 3 is 2.72 bits per heavy atom. The number of nitrogens with zero attached hydrogens (tertiary/aromatic N) is 2. The van der Waals surface area contributed by atoms with E-state index in [0.717, 1.165) is 11.8 Å².